The van der Waals surface area contributed by atoms with Crippen molar-refractivity contribution >= 4 is 48.0 Å². The minimum atomic E-state index is -0.119. The van der Waals surface area contributed by atoms with Gasteiger partial charge < -0.3 is 16.0 Å². The molecular formula is C14H22Cl3N3O. The minimum absolute atomic E-state index is 0. The molecule has 3 N–H and O–H groups in total. The van der Waals surface area contributed by atoms with Gasteiger partial charge in [-0.3, -0.25) is 4.79 Å². The number of hydrogen-bond acceptors (Lipinski definition) is 3. The molecule has 1 aliphatic heterocycles. The standard InChI is InChI=1S/C14H20ClN3O.2ClH/c1-9-7-11(5-6-18(9)2)17-14(19)12-4-3-10(16)8-13(12)15;;/h3-4,8-9,11H,5-7,16H2,1-2H3,(H,17,19);2*1H. The van der Waals surface area contributed by atoms with Gasteiger partial charge in [0.15, 0.2) is 0 Å². The molecule has 21 heavy (non-hydrogen) atoms. The Kier molecular flexibility index (Phi) is 8.41. The lowest BCUT2D eigenvalue weighted by Crippen LogP contribution is -2.47. The van der Waals surface area contributed by atoms with Crippen LogP contribution < -0.4 is 11.1 Å². The summed E-state index contributed by atoms with van der Waals surface area (Å²) in [4.78, 5) is 14.5. The predicted molar refractivity (Wildman–Crippen MR) is 92.9 cm³/mol. The molecule has 2 atom stereocenters. The zero-order chi connectivity index (χ0) is 14.0. The molecule has 1 aromatic carbocycles. The number of hydrogen-bond donors (Lipinski definition) is 2. The van der Waals surface area contributed by atoms with Crippen LogP contribution in [0.1, 0.15) is 30.1 Å². The normalized spacial score (nSPS) is 21.9. The molecule has 0 aromatic heterocycles. The van der Waals surface area contributed by atoms with E-state index < -0.39 is 0 Å². The van der Waals surface area contributed by atoms with Gasteiger partial charge in [0.25, 0.3) is 5.91 Å². The van der Waals surface area contributed by atoms with Crippen molar-refractivity contribution in [3.8, 4) is 0 Å². The molecule has 1 amide bonds. The molecule has 0 spiro atoms. The average molecular weight is 355 g/mol. The second-order valence-corrected chi connectivity index (χ2v) is 5.67. The van der Waals surface area contributed by atoms with E-state index >= 15 is 0 Å². The Bertz CT molecular complexity index is 485. The Labute approximate surface area is 143 Å². The summed E-state index contributed by atoms with van der Waals surface area (Å²) in [5.41, 5.74) is 6.68. The van der Waals surface area contributed by atoms with Gasteiger partial charge in [0, 0.05) is 24.3 Å². The van der Waals surface area contributed by atoms with Gasteiger partial charge in [-0.25, -0.2) is 0 Å². The molecule has 7 heteroatoms. The van der Waals surface area contributed by atoms with Crippen molar-refractivity contribution in [2.24, 2.45) is 0 Å². The summed E-state index contributed by atoms with van der Waals surface area (Å²) >= 11 is 6.04. The molecule has 0 saturated carbocycles. The highest BCUT2D eigenvalue weighted by Gasteiger charge is 2.24. The van der Waals surface area contributed by atoms with E-state index in [4.69, 9.17) is 17.3 Å². The number of carbonyl (C=O) groups is 1. The number of nitrogen functional groups attached to an aromatic ring is 1. The summed E-state index contributed by atoms with van der Waals surface area (Å²) < 4.78 is 0. The number of piperidine rings is 1. The molecule has 0 aliphatic carbocycles. The Balaban J connectivity index is 0.00000200. The second kappa shape index (κ2) is 8.69. The summed E-state index contributed by atoms with van der Waals surface area (Å²) in [6, 6.07) is 5.67. The van der Waals surface area contributed by atoms with Crippen molar-refractivity contribution in [1.82, 2.24) is 10.2 Å². The van der Waals surface area contributed by atoms with E-state index in [1.54, 1.807) is 18.2 Å². The summed E-state index contributed by atoms with van der Waals surface area (Å²) in [5.74, 6) is -0.119. The number of nitrogens with one attached hydrogen (secondary N) is 1. The highest BCUT2D eigenvalue weighted by atomic mass is 35.5. The monoisotopic (exact) mass is 353 g/mol. The molecule has 4 nitrogen and oxygen atoms in total. The van der Waals surface area contributed by atoms with Gasteiger partial charge in [-0.15, -0.1) is 24.8 Å². The van der Waals surface area contributed by atoms with E-state index in [1.165, 1.54) is 0 Å². The Hall–Kier alpha value is -0.680. The molecule has 0 radical (unpaired) electrons. The molecule has 1 saturated heterocycles. The highest BCUT2D eigenvalue weighted by Crippen LogP contribution is 2.20. The second-order valence-electron chi connectivity index (χ2n) is 5.26. The van der Waals surface area contributed by atoms with Gasteiger partial charge >= 0.3 is 0 Å². The lowest BCUT2D eigenvalue weighted by atomic mass is 9.98. The molecule has 1 aliphatic rings. The van der Waals surface area contributed by atoms with Crippen LogP contribution in [0.25, 0.3) is 0 Å². The van der Waals surface area contributed by atoms with Gasteiger partial charge in [0.1, 0.15) is 0 Å². The van der Waals surface area contributed by atoms with Crippen LogP contribution in [0.4, 0.5) is 5.69 Å². The van der Waals surface area contributed by atoms with Crippen LogP contribution in [0.15, 0.2) is 18.2 Å². The number of rotatable bonds is 2. The van der Waals surface area contributed by atoms with Crippen LogP contribution in [0.2, 0.25) is 5.02 Å². The number of benzene rings is 1. The lowest BCUT2D eigenvalue weighted by Gasteiger charge is -2.35. The van der Waals surface area contributed by atoms with Crippen molar-refractivity contribution < 1.29 is 4.79 Å². The number of nitrogens with zero attached hydrogens (tertiary/aromatic N) is 1. The molecular weight excluding hydrogens is 333 g/mol. The number of amides is 1. The van der Waals surface area contributed by atoms with Crippen LogP contribution >= 0.6 is 36.4 Å². The van der Waals surface area contributed by atoms with Crippen LogP contribution in [-0.4, -0.2) is 36.5 Å². The third-order valence-corrected chi connectivity index (χ3v) is 4.09. The maximum Gasteiger partial charge on any atom is 0.253 e. The summed E-state index contributed by atoms with van der Waals surface area (Å²) in [5, 5.41) is 3.46. The topological polar surface area (TPSA) is 58.4 Å². The van der Waals surface area contributed by atoms with Gasteiger partial charge in [-0.2, -0.15) is 0 Å². The molecule has 2 unspecified atom stereocenters. The maximum atomic E-state index is 12.2. The average Bonchev–Trinajstić information content (AvgIpc) is 2.33. The number of nitrogens with two attached hydrogens (primary N) is 1. The van der Waals surface area contributed by atoms with Gasteiger partial charge in [0.2, 0.25) is 0 Å². The molecule has 1 fully saturated rings. The lowest BCUT2D eigenvalue weighted by molar-refractivity contribution is 0.0897. The van der Waals surface area contributed by atoms with Gasteiger partial charge in [0.05, 0.1) is 10.6 Å². The highest BCUT2D eigenvalue weighted by molar-refractivity contribution is 6.34. The number of anilines is 1. The first-order chi connectivity index (χ1) is 8.97. The zero-order valence-corrected chi connectivity index (χ0v) is 14.5. The van der Waals surface area contributed by atoms with Crippen molar-refractivity contribution in [1.29, 1.82) is 0 Å². The maximum absolute atomic E-state index is 12.2. The summed E-state index contributed by atoms with van der Waals surface area (Å²) in [6.07, 6.45) is 1.94. The first-order valence-corrected chi connectivity index (χ1v) is 6.91. The Morgan fingerprint density at radius 1 is 1.43 bits per heavy atom. The van der Waals surface area contributed by atoms with Crippen molar-refractivity contribution in [2.45, 2.75) is 31.8 Å². The summed E-state index contributed by atoms with van der Waals surface area (Å²) in [6.45, 7) is 3.18. The smallest absolute Gasteiger partial charge is 0.253 e. The third-order valence-electron chi connectivity index (χ3n) is 3.78. The van der Waals surface area contributed by atoms with E-state index in [2.05, 4.69) is 24.2 Å². The fourth-order valence-corrected chi connectivity index (χ4v) is 2.67. The number of likely N-dealkylation sites (tertiary alicyclic amines) is 1. The molecule has 1 aromatic rings. The van der Waals surface area contributed by atoms with Crippen LogP contribution in [0.3, 0.4) is 0 Å². The van der Waals surface area contributed by atoms with E-state index in [0.717, 1.165) is 19.4 Å². The first-order valence-electron chi connectivity index (χ1n) is 6.53. The van der Waals surface area contributed by atoms with Crippen molar-refractivity contribution in [2.75, 3.05) is 19.3 Å². The quantitative estimate of drug-likeness (QED) is 0.803. The third kappa shape index (κ3) is 5.22. The molecule has 1 heterocycles. The largest absolute Gasteiger partial charge is 0.399 e. The predicted octanol–water partition coefficient (Wildman–Crippen LogP) is 2.98. The van der Waals surface area contributed by atoms with Gasteiger partial charge in [-0.1, -0.05) is 11.6 Å². The van der Waals surface area contributed by atoms with Crippen molar-refractivity contribution in [3.05, 3.63) is 28.8 Å². The van der Waals surface area contributed by atoms with E-state index in [-0.39, 0.29) is 36.8 Å². The number of halogens is 3. The Morgan fingerprint density at radius 3 is 2.67 bits per heavy atom. The molecule has 2 rings (SSSR count). The van der Waals surface area contributed by atoms with Crippen LogP contribution in [-0.2, 0) is 0 Å². The first kappa shape index (κ1) is 20.3. The van der Waals surface area contributed by atoms with E-state index in [0.29, 0.717) is 22.3 Å². The fraction of sp³-hybridized carbons (Fsp3) is 0.500. The van der Waals surface area contributed by atoms with E-state index in [9.17, 15) is 4.79 Å². The number of carbonyl (C=O) groups excluding carboxylic acids is 1. The fourth-order valence-electron chi connectivity index (χ4n) is 2.40. The SMILES string of the molecule is CC1CC(NC(=O)c2ccc(N)cc2Cl)CCN1C.Cl.Cl. The molecule has 0 bridgehead atoms. The van der Waals surface area contributed by atoms with Crippen molar-refractivity contribution in [3.63, 3.8) is 0 Å². The minimum Gasteiger partial charge on any atom is -0.399 e. The zero-order valence-electron chi connectivity index (χ0n) is 12.1. The van der Waals surface area contributed by atoms with Gasteiger partial charge in [-0.05, 0) is 45.0 Å². The van der Waals surface area contributed by atoms with Crippen LogP contribution in [0, 0.1) is 0 Å². The summed E-state index contributed by atoms with van der Waals surface area (Å²) in [7, 11) is 2.11. The van der Waals surface area contributed by atoms with E-state index in [1.807, 2.05) is 0 Å². The van der Waals surface area contributed by atoms with Crippen LogP contribution in [0.5, 0.6) is 0 Å². The Morgan fingerprint density at radius 2 is 2.10 bits per heavy atom. The molecule has 120 valence electrons.